The van der Waals surface area contributed by atoms with Crippen molar-refractivity contribution in [1.29, 1.82) is 0 Å². The summed E-state index contributed by atoms with van der Waals surface area (Å²) in [4.78, 5) is 0. The minimum absolute atomic E-state index is 0.117. The van der Waals surface area contributed by atoms with Crippen molar-refractivity contribution in [3.05, 3.63) is 0 Å². The molecule has 0 saturated heterocycles. The maximum atomic E-state index is 11.4. The van der Waals surface area contributed by atoms with Crippen molar-refractivity contribution in [2.24, 2.45) is 0 Å². The third-order valence-corrected chi connectivity index (χ3v) is 12.5. The fourth-order valence-electron chi connectivity index (χ4n) is 1.25. The van der Waals surface area contributed by atoms with Crippen LogP contribution in [0.4, 0.5) is 0 Å². The van der Waals surface area contributed by atoms with Crippen LogP contribution in [0, 0.1) is 0 Å². The highest BCUT2D eigenvalue weighted by molar-refractivity contribution is 8.69. The Morgan fingerprint density at radius 2 is 1.63 bits per heavy atom. The van der Waals surface area contributed by atoms with Gasteiger partial charge in [-0.2, -0.15) is 0 Å². The van der Waals surface area contributed by atoms with Crippen molar-refractivity contribution >= 4 is 48.7 Å². The lowest BCUT2D eigenvalue weighted by Crippen LogP contribution is -2.36. The summed E-state index contributed by atoms with van der Waals surface area (Å²) in [7, 11) is -7.58. The first-order chi connectivity index (χ1) is 8.46. The van der Waals surface area contributed by atoms with Crippen LogP contribution in [0.5, 0.6) is 0 Å². The molecule has 0 aromatic heterocycles. The van der Waals surface area contributed by atoms with Crippen LogP contribution in [-0.2, 0) is 36.4 Å². The van der Waals surface area contributed by atoms with E-state index in [2.05, 4.69) is 0 Å². The maximum absolute atomic E-state index is 11.4. The molecule has 6 nitrogen and oxygen atoms in total. The Labute approximate surface area is 125 Å². The fraction of sp³-hybridized carbons (Fsp3) is 1.00. The molecule has 0 spiro atoms. The van der Waals surface area contributed by atoms with Gasteiger partial charge in [0.05, 0.1) is 12.5 Å². The van der Waals surface area contributed by atoms with Crippen molar-refractivity contribution in [3.8, 4) is 0 Å². The minimum atomic E-state index is -3.79. The van der Waals surface area contributed by atoms with Gasteiger partial charge in [0.2, 0.25) is 20.0 Å². The first-order valence-corrected chi connectivity index (χ1v) is 13.7. The first-order valence-electron chi connectivity index (χ1n) is 5.52. The van der Waals surface area contributed by atoms with Crippen LogP contribution in [0.1, 0.15) is 13.8 Å². The highest BCUT2D eigenvalue weighted by Crippen LogP contribution is 2.59. The van der Waals surface area contributed by atoms with E-state index in [0.717, 1.165) is 12.5 Å². The quantitative estimate of drug-likeness (QED) is 0.567. The van der Waals surface area contributed by atoms with Gasteiger partial charge in [0.25, 0.3) is 0 Å². The van der Waals surface area contributed by atoms with Crippen molar-refractivity contribution < 1.29 is 21.4 Å². The monoisotopic (exact) mass is 369 g/mol. The van der Waals surface area contributed by atoms with Crippen molar-refractivity contribution in [2.75, 3.05) is 37.6 Å². The Morgan fingerprint density at radius 3 is 1.95 bits per heavy atom. The Bertz CT molecular complexity index is 497. The lowest BCUT2D eigenvalue weighted by atomic mass is 10.8. The molecule has 0 aromatic carbocycles. The molecule has 0 aromatic rings. The largest absolute Gasteiger partial charge is 0.342 e. The zero-order chi connectivity index (χ0) is 15.3. The Balaban J connectivity index is 4.74. The maximum Gasteiger partial charge on any atom is 0.224 e. The molecule has 0 saturated carbocycles. The van der Waals surface area contributed by atoms with Crippen LogP contribution in [0.15, 0.2) is 0 Å². The molecule has 116 valence electrons. The van der Waals surface area contributed by atoms with Gasteiger partial charge in [0.1, 0.15) is 5.47 Å². The summed E-state index contributed by atoms with van der Waals surface area (Å²) in [5.74, 6) is 0.297. The zero-order valence-electron chi connectivity index (χ0n) is 11.4. The van der Waals surface area contributed by atoms with Gasteiger partial charge in [-0.15, -0.1) is 0 Å². The molecule has 0 rings (SSSR count). The third kappa shape index (κ3) is 7.40. The summed E-state index contributed by atoms with van der Waals surface area (Å²) < 4.78 is 51.7. The SMILES string of the molecule is CCOP(=S)(CC)SCCN(S(C)(=O)=O)S(C)(=O)=O. The van der Waals surface area contributed by atoms with E-state index in [1.165, 1.54) is 11.4 Å². The van der Waals surface area contributed by atoms with Gasteiger partial charge in [0, 0.05) is 25.1 Å². The number of nitrogens with zero attached hydrogens (tertiary/aromatic N) is 1. The summed E-state index contributed by atoms with van der Waals surface area (Å²) in [5.41, 5.74) is -2.03. The second-order valence-electron chi connectivity index (χ2n) is 3.70. The van der Waals surface area contributed by atoms with Crippen molar-refractivity contribution in [1.82, 2.24) is 3.71 Å². The van der Waals surface area contributed by atoms with E-state index in [-0.39, 0.29) is 6.54 Å². The average molecular weight is 369 g/mol. The summed E-state index contributed by atoms with van der Waals surface area (Å²) in [6.45, 7) is 4.14. The predicted molar refractivity (Wildman–Crippen MR) is 85.3 cm³/mol. The van der Waals surface area contributed by atoms with Gasteiger partial charge in [-0.05, 0) is 6.92 Å². The van der Waals surface area contributed by atoms with Crippen molar-refractivity contribution in [2.45, 2.75) is 13.8 Å². The van der Waals surface area contributed by atoms with Crippen LogP contribution in [0.2, 0.25) is 0 Å². The normalized spacial score (nSPS) is 16.5. The summed E-state index contributed by atoms with van der Waals surface area (Å²) >= 11 is 6.72. The van der Waals surface area contributed by atoms with E-state index in [1.807, 2.05) is 13.8 Å². The summed E-state index contributed by atoms with van der Waals surface area (Å²) in [6.07, 6.45) is 2.42. The molecule has 0 amide bonds. The predicted octanol–water partition coefficient (Wildman–Crippen LogP) is 1.31. The molecule has 1 unspecified atom stereocenters. The second kappa shape index (κ2) is 7.72. The van der Waals surface area contributed by atoms with Gasteiger partial charge >= 0.3 is 0 Å². The molecule has 0 bridgehead atoms. The van der Waals surface area contributed by atoms with Crippen LogP contribution in [0.25, 0.3) is 0 Å². The van der Waals surface area contributed by atoms with Crippen molar-refractivity contribution in [3.63, 3.8) is 0 Å². The van der Waals surface area contributed by atoms with Gasteiger partial charge in [-0.3, -0.25) is 0 Å². The van der Waals surface area contributed by atoms with Crippen LogP contribution in [-0.4, -0.2) is 58.1 Å². The standard InChI is InChI=1S/C8H20NO5PS4/c1-5-14-15(16,6-2)17-8-7-9(18(3,10)11)19(4,12)13/h5-8H2,1-4H3. The molecule has 0 aliphatic heterocycles. The highest BCUT2D eigenvalue weighted by atomic mass is 32.9. The lowest BCUT2D eigenvalue weighted by Gasteiger charge is -2.21. The van der Waals surface area contributed by atoms with E-state index in [0.29, 0.717) is 22.2 Å². The minimum Gasteiger partial charge on any atom is -0.342 e. The number of sulfonamides is 2. The topological polar surface area (TPSA) is 80.8 Å². The molecule has 19 heavy (non-hydrogen) atoms. The lowest BCUT2D eigenvalue weighted by molar-refractivity contribution is 0.385. The van der Waals surface area contributed by atoms with E-state index < -0.39 is 25.5 Å². The van der Waals surface area contributed by atoms with Gasteiger partial charge in [-0.25, -0.2) is 16.8 Å². The van der Waals surface area contributed by atoms with Crippen LogP contribution >= 0.6 is 16.8 Å². The van der Waals surface area contributed by atoms with E-state index in [9.17, 15) is 16.8 Å². The molecule has 11 heteroatoms. The van der Waals surface area contributed by atoms with Crippen LogP contribution in [0.3, 0.4) is 0 Å². The fourth-order valence-corrected chi connectivity index (χ4v) is 8.82. The van der Waals surface area contributed by atoms with E-state index in [1.54, 1.807) is 0 Å². The summed E-state index contributed by atoms with van der Waals surface area (Å²) in [6, 6.07) is 0. The molecule has 0 heterocycles. The third-order valence-electron chi connectivity index (χ3n) is 2.01. The Hall–Kier alpha value is 0.820. The number of rotatable bonds is 9. The molecule has 0 aliphatic carbocycles. The second-order valence-corrected chi connectivity index (χ2v) is 15.5. The number of hydrogen-bond donors (Lipinski definition) is 0. The molecule has 0 fully saturated rings. The smallest absolute Gasteiger partial charge is 0.224 e. The number of hydrogen-bond acceptors (Lipinski definition) is 7. The van der Waals surface area contributed by atoms with Crippen LogP contribution < -0.4 is 0 Å². The zero-order valence-corrected chi connectivity index (χ0v) is 15.6. The average Bonchev–Trinajstić information content (AvgIpc) is 2.21. The van der Waals surface area contributed by atoms with E-state index in [4.69, 9.17) is 16.3 Å². The first kappa shape index (κ1) is 19.8. The Kier molecular flexibility index (Phi) is 8.06. The summed E-state index contributed by atoms with van der Waals surface area (Å²) in [5, 5.41) is 0. The van der Waals surface area contributed by atoms with Gasteiger partial charge in [0.15, 0.2) is 0 Å². The van der Waals surface area contributed by atoms with E-state index >= 15 is 0 Å². The van der Waals surface area contributed by atoms with Gasteiger partial charge in [-0.1, -0.05) is 33.8 Å². The molecular weight excluding hydrogens is 349 g/mol. The highest BCUT2D eigenvalue weighted by Gasteiger charge is 2.27. The molecule has 0 N–H and O–H groups in total. The Morgan fingerprint density at radius 1 is 1.16 bits per heavy atom. The molecule has 1 atom stereocenters. The van der Waals surface area contributed by atoms with Gasteiger partial charge < -0.3 is 4.52 Å². The molecule has 0 aliphatic rings. The molecular formula is C8H20NO5PS4. The molecule has 0 radical (unpaired) electrons.